The number of amides is 1. The van der Waals surface area contributed by atoms with E-state index in [0.29, 0.717) is 17.6 Å². The molecule has 31 heavy (non-hydrogen) atoms. The van der Waals surface area contributed by atoms with Crippen LogP contribution in [0, 0.1) is 17.3 Å². The van der Waals surface area contributed by atoms with Gasteiger partial charge in [0.25, 0.3) is 0 Å². The van der Waals surface area contributed by atoms with Gasteiger partial charge in [0.1, 0.15) is 5.75 Å². The van der Waals surface area contributed by atoms with Crippen molar-refractivity contribution in [1.82, 2.24) is 5.32 Å². The van der Waals surface area contributed by atoms with Crippen molar-refractivity contribution in [2.45, 2.75) is 65.5 Å². The highest BCUT2D eigenvalue weighted by molar-refractivity contribution is 5.89. The number of rotatable bonds is 6. The van der Waals surface area contributed by atoms with Crippen LogP contribution in [0.5, 0.6) is 5.75 Å². The van der Waals surface area contributed by atoms with Crippen molar-refractivity contribution in [2.75, 3.05) is 11.9 Å². The summed E-state index contributed by atoms with van der Waals surface area (Å²) in [5.41, 5.74) is 3.50. The van der Waals surface area contributed by atoms with E-state index in [2.05, 4.69) is 55.7 Å². The van der Waals surface area contributed by atoms with Gasteiger partial charge in [-0.25, -0.2) is 0 Å². The third-order valence-electron chi connectivity index (χ3n) is 6.77. The lowest BCUT2D eigenvalue weighted by atomic mass is 9.84. The molecule has 4 heteroatoms. The van der Waals surface area contributed by atoms with Crippen molar-refractivity contribution in [3.05, 3.63) is 48.5 Å². The molecule has 0 spiro atoms. The Labute approximate surface area is 186 Å². The van der Waals surface area contributed by atoms with E-state index in [0.717, 1.165) is 47.4 Å². The minimum Gasteiger partial charge on any atom is -0.490 e. The van der Waals surface area contributed by atoms with E-state index in [-0.39, 0.29) is 5.91 Å². The molecular formula is C27H36N2O2. The molecule has 1 aliphatic carbocycles. The zero-order valence-corrected chi connectivity index (χ0v) is 19.3. The number of anilines is 1. The van der Waals surface area contributed by atoms with Gasteiger partial charge in [0, 0.05) is 18.7 Å². The number of benzene rings is 2. The van der Waals surface area contributed by atoms with Gasteiger partial charge < -0.3 is 15.4 Å². The Bertz CT molecular complexity index is 883. The Balaban J connectivity index is 1.32. The maximum Gasteiger partial charge on any atom is 0.221 e. The van der Waals surface area contributed by atoms with Gasteiger partial charge in [0.2, 0.25) is 5.91 Å². The normalized spacial score (nSPS) is 25.3. The molecule has 1 heterocycles. The maximum atomic E-state index is 11.2. The molecule has 1 unspecified atom stereocenters. The number of carbonyl (C=O) groups is 1. The predicted octanol–water partition coefficient (Wildman–Crippen LogP) is 5.88. The van der Waals surface area contributed by atoms with Gasteiger partial charge >= 0.3 is 0 Å². The summed E-state index contributed by atoms with van der Waals surface area (Å²) in [6.07, 6.45) is 5.20. The van der Waals surface area contributed by atoms with Crippen LogP contribution in [0.1, 0.15) is 53.4 Å². The Kier molecular flexibility index (Phi) is 6.38. The average Bonchev–Trinajstić information content (AvgIpc) is 3.27. The molecule has 2 N–H and O–H groups in total. The van der Waals surface area contributed by atoms with Crippen LogP contribution in [0.25, 0.3) is 11.1 Å². The standard InChI is InChI=1S/C27H36N2O2/c1-18(30)29-22-9-5-19(6-10-22)20-7-11-23(12-8-20)31-24-15-21-17-28-26(25(21)16-24)13-14-27(2,3)4/h5-12,21,24-26,28H,13-17H2,1-4H3,(H,29,30)/t21-,24-,25-,26?/m0/s1. The van der Waals surface area contributed by atoms with Crippen molar-refractivity contribution in [3.63, 3.8) is 0 Å². The van der Waals surface area contributed by atoms with Gasteiger partial charge in [-0.15, -0.1) is 0 Å². The quantitative estimate of drug-likeness (QED) is 0.613. The van der Waals surface area contributed by atoms with Crippen molar-refractivity contribution < 1.29 is 9.53 Å². The van der Waals surface area contributed by atoms with Crippen LogP contribution >= 0.6 is 0 Å². The van der Waals surface area contributed by atoms with E-state index in [1.807, 2.05) is 24.3 Å². The zero-order valence-electron chi connectivity index (χ0n) is 19.3. The smallest absolute Gasteiger partial charge is 0.221 e. The summed E-state index contributed by atoms with van der Waals surface area (Å²) in [6.45, 7) is 9.67. The van der Waals surface area contributed by atoms with Crippen LogP contribution < -0.4 is 15.4 Å². The van der Waals surface area contributed by atoms with Gasteiger partial charge in [-0.05, 0) is 84.9 Å². The number of fused-ring (bicyclic) bond motifs is 1. The first-order valence-electron chi connectivity index (χ1n) is 11.6. The molecule has 2 aliphatic rings. The third-order valence-corrected chi connectivity index (χ3v) is 6.77. The number of hydrogen-bond donors (Lipinski definition) is 2. The molecule has 1 amide bonds. The fraction of sp³-hybridized carbons (Fsp3) is 0.519. The van der Waals surface area contributed by atoms with E-state index in [1.165, 1.54) is 26.2 Å². The van der Waals surface area contributed by atoms with Crippen molar-refractivity contribution >= 4 is 11.6 Å². The second kappa shape index (κ2) is 9.04. The van der Waals surface area contributed by atoms with Crippen LogP contribution in [-0.2, 0) is 4.79 Å². The summed E-state index contributed by atoms with van der Waals surface area (Å²) in [5, 5.41) is 6.58. The summed E-state index contributed by atoms with van der Waals surface area (Å²) >= 11 is 0. The van der Waals surface area contributed by atoms with Gasteiger partial charge in [-0.1, -0.05) is 45.0 Å². The minimum absolute atomic E-state index is 0.0541. The summed E-state index contributed by atoms with van der Waals surface area (Å²) in [6, 6.07) is 17.0. The molecule has 1 aliphatic heterocycles. The molecular weight excluding hydrogens is 384 g/mol. The highest BCUT2D eigenvalue weighted by Crippen LogP contribution is 2.42. The third kappa shape index (κ3) is 5.68. The fourth-order valence-electron chi connectivity index (χ4n) is 5.15. The minimum atomic E-state index is -0.0541. The van der Waals surface area contributed by atoms with Crippen LogP contribution in [-0.4, -0.2) is 24.6 Å². The van der Waals surface area contributed by atoms with Gasteiger partial charge in [0.05, 0.1) is 6.10 Å². The predicted molar refractivity (Wildman–Crippen MR) is 127 cm³/mol. The Morgan fingerprint density at radius 1 is 1.03 bits per heavy atom. The highest BCUT2D eigenvalue weighted by atomic mass is 16.5. The lowest BCUT2D eigenvalue weighted by Gasteiger charge is -2.24. The SMILES string of the molecule is CC(=O)Nc1ccc(-c2ccc(O[C@H]3C[C@H]4CNC(CCC(C)(C)C)[C@H]4C3)cc2)cc1. The van der Waals surface area contributed by atoms with Crippen LogP contribution in [0.15, 0.2) is 48.5 Å². The molecule has 166 valence electrons. The van der Waals surface area contributed by atoms with Gasteiger partial charge in [0.15, 0.2) is 0 Å². The molecule has 4 atom stereocenters. The largest absolute Gasteiger partial charge is 0.490 e. The van der Waals surface area contributed by atoms with E-state index in [9.17, 15) is 4.79 Å². The van der Waals surface area contributed by atoms with E-state index >= 15 is 0 Å². The number of nitrogens with one attached hydrogen (secondary N) is 2. The number of ether oxygens (including phenoxy) is 1. The van der Waals surface area contributed by atoms with Crippen molar-refractivity contribution in [2.24, 2.45) is 17.3 Å². The van der Waals surface area contributed by atoms with Crippen LogP contribution in [0.3, 0.4) is 0 Å². The summed E-state index contributed by atoms with van der Waals surface area (Å²) < 4.78 is 6.38. The monoisotopic (exact) mass is 420 g/mol. The molecule has 0 bridgehead atoms. The van der Waals surface area contributed by atoms with E-state index in [4.69, 9.17) is 4.74 Å². The lowest BCUT2D eigenvalue weighted by molar-refractivity contribution is -0.114. The average molecular weight is 421 g/mol. The van der Waals surface area contributed by atoms with Gasteiger partial charge in [-0.3, -0.25) is 4.79 Å². The lowest BCUT2D eigenvalue weighted by Crippen LogP contribution is -2.30. The Morgan fingerprint density at radius 2 is 1.68 bits per heavy atom. The number of carbonyl (C=O) groups excluding carboxylic acids is 1. The topological polar surface area (TPSA) is 50.4 Å². The molecule has 4 rings (SSSR count). The molecule has 2 fully saturated rings. The van der Waals surface area contributed by atoms with Crippen LogP contribution in [0.4, 0.5) is 5.69 Å². The first-order chi connectivity index (χ1) is 14.8. The Morgan fingerprint density at radius 3 is 2.29 bits per heavy atom. The molecule has 2 aromatic rings. The molecule has 0 aromatic heterocycles. The first kappa shape index (κ1) is 21.9. The zero-order chi connectivity index (χ0) is 22.0. The molecule has 1 saturated heterocycles. The second-order valence-corrected chi connectivity index (χ2v) is 10.5. The van der Waals surface area contributed by atoms with Crippen molar-refractivity contribution in [1.29, 1.82) is 0 Å². The summed E-state index contributed by atoms with van der Waals surface area (Å²) in [5.74, 6) is 2.43. The van der Waals surface area contributed by atoms with E-state index in [1.54, 1.807) is 0 Å². The summed E-state index contributed by atoms with van der Waals surface area (Å²) in [7, 11) is 0. The maximum absolute atomic E-state index is 11.2. The Hall–Kier alpha value is -2.33. The summed E-state index contributed by atoms with van der Waals surface area (Å²) in [4.78, 5) is 11.2. The first-order valence-corrected chi connectivity index (χ1v) is 11.6. The van der Waals surface area contributed by atoms with Crippen molar-refractivity contribution in [3.8, 4) is 16.9 Å². The molecule has 1 saturated carbocycles. The molecule has 0 radical (unpaired) electrons. The molecule has 2 aromatic carbocycles. The number of hydrogen-bond acceptors (Lipinski definition) is 3. The second-order valence-electron chi connectivity index (χ2n) is 10.5. The van der Waals surface area contributed by atoms with Gasteiger partial charge in [-0.2, -0.15) is 0 Å². The van der Waals surface area contributed by atoms with Crippen LogP contribution in [0.2, 0.25) is 0 Å². The highest BCUT2D eigenvalue weighted by Gasteiger charge is 2.44. The fourth-order valence-corrected chi connectivity index (χ4v) is 5.15. The molecule has 4 nitrogen and oxygen atoms in total. The van der Waals surface area contributed by atoms with E-state index < -0.39 is 0 Å².